The minimum atomic E-state index is -0.626. The average molecular weight is 393 g/mol. The number of carbonyl (C=O) groups excluding carboxylic acids is 3. The van der Waals surface area contributed by atoms with Crippen molar-refractivity contribution >= 4 is 17.7 Å². The smallest absolute Gasteiger partial charge is 0.305 e. The minimum Gasteiger partial charge on any atom is -0.486 e. The Morgan fingerprint density at radius 2 is 1.48 bits per heavy atom. The summed E-state index contributed by atoms with van der Waals surface area (Å²) in [5.74, 6) is -0.438. The fourth-order valence-corrected chi connectivity index (χ4v) is 2.33. The van der Waals surface area contributed by atoms with Crippen LogP contribution in [0.4, 0.5) is 0 Å². The van der Waals surface area contributed by atoms with Crippen LogP contribution < -0.4 is 20.9 Å². The molecule has 0 radical (unpaired) electrons. The maximum atomic E-state index is 12.0. The van der Waals surface area contributed by atoms with E-state index in [1.807, 2.05) is 30.3 Å². The van der Waals surface area contributed by atoms with E-state index in [4.69, 9.17) is 9.15 Å². The lowest BCUT2D eigenvalue weighted by atomic mass is 10.2. The highest BCUT2D eigenvalue weighted by Crippen LogP contribution is 2.13. The Morgan fingerprint density at radius 3 is 2.21 bits per heavy atom. The van der Waals surface area contributed by atoms with E-state index in [2.05, 4.69) is 16.2 Å². The zero-order chi connectivity index (χ0) is 20.5. The number of para-hydroxylation sites is 1. The molecule has 3 aromatic rings. The highest BCUT2D eigenvalue weighted by atomic mass is 16.5. The first-order chi connectivity index (χ1) is 14.1. The summed E-state index contributed by atoms with van der Waals surface area (Å²) in [6, 6.07) is 20.8. The van der Waals surface area contributed by atoms with Gasteiger partial charge in [-0.3, -0.25) is 25.2 Å². The van der Waals surface area contributed by atoms with Gasteiger partial charge in [-0.1, -0.05) is 36.4 Å². The highest BCUT2D eigenvalue weighted by molar-refractivity contribution is 5.97. The van der Waals surface area contributed by atoms with Crippen molar-refractivity contribution in [2.45, 2.75) is 6.61 Å². The van der Waals surface area contributed by atoms with Crippen LogP contribution in [0.1, 0.15) is 26.7 Å². The molecule has 0 aliphatic carbocycles. The van der Waals surface area contributed by atoms with Crippen molar-refractivity contribution in [2.24, 2.45) is 0 Å². The SMILES string of the molecule is O=C(CNC(=O)c1ccccc1)NNC(=O)c1ccc(COc2ccccc2)o1. The van der Waals surface area contributed by atoms with Gasteiger partial charge in [-0.2, -0.15) is 0 Å². The fraction of sp³-hybridized carbons (Fsp3) is 0.0952. The van der Waals surface area contributed by atoms with Crippen LogP contribution >= 0.6 is 0 Å². The van der Waals surface area contributed by atoms with E-state index in [0.29, 0.717) is 17.1 Å². The summed E-state index contributed by atoms with van der Waals surface area (Å²) in [5, 5.41) is 2.46. The molecule has 0 saturated carbocycles. The van der Waals surface area contributed by atoms with Crippen molar-refractivity contribution in [1.82, 2.24) is 16.2 Å². The third kappa shape index (κ3) is 5.96. The number of carbonyl (C=O) groups is 3. The molecule has 0 spiro atoms. The first-order valence-electron chi connectivity index (χ1n) is 8.81. The molecule has 8 heteroatoms. The minimum absolute atomic E-state index is 0.0188. The second-order valence-electron chi connectivity index (χ2n) is 5.92. The molecule has 8 nitrogen and oxygen atoms in total. The average Bonchev–Trinajstić information content (AvgIpc) is 3.25. The molecule has 1 aromatic heterocycles. The van der Waals surface area contributed by atoms with Gasteiger partial charge < -0.3 is 14.5 Å². The van der Waals surface area contributed by atoms with Gasteiger partial charge >= 0.3 is 5.91 Å². The van der Waals surface area contributed by atoms with E-state index >= 15 is 0 Å². The standard InChI is InChI=1S/C21H19N3O5/c25-19(13-22-20(26)15-7-3-1-4-8-15)23-24-21(27)18-12-11-17(29-18)14-28-16-9-5-2-6-10-16/h1-12H,13-14H2,(H,22,26)(H,23,25)(H,24,27). The van der Waals surface area contributed by atoms with E-state index in [9.17, 15) is 14.4 Å². The van der Waals surface area contributed by atoms with Crippen LogP contribution in [-0.4, -0.2) is 24.3 Å². The molecular weight excluding hydrogens is 374 g/mol. The van der Waals surface area contributed by atoms with Crippen LogP contribution in [0.2, 0.25) is 0 Å². The molecule has 0 unspecified atom stereocenters. The Morgan fingerprint density at radius 1 is 0.793 bits per heavy atom. The molecule has 0 aliphatic rings. The zero-order valence-electron chi connectivity index (χ0n) is 15.4. The number of amides is 3. The second kappa shape index (κ2) is 9.75. The van der Waals surface area contributed by atoms with Gasteiger partial charge in [0.1, 0.15) is 18.1 Å². The highest BCUT2D eigenvalue weighted by Gasteiger charge is 2.13. The lowest BCUT2D eigenvalue weighted by Crippen LogP contribution is -2.46. The molecule has 0 atom stereocenters. The third-order valence-electron chi connectivity index (χ3n) is 3.77. The number of nitrogens with one attached hydrogen (secondary N) is 3. The largest absolute Gasteiger partial charge is 0.486 e. The van der Waals surface area contributed by atoms with Crippen molar-refractivity contribution in [2.75, 3.05) is 6.54 Å². The predicted molar refractivity (Wildman–Crippen MR) is 104 cm³/mol. The summed E-state index contributed by atoms with van der Waals surface area (Å²) in [7, 11) is 0. The first kappa shape index (κ1) is 19.7. The number of furan rings is 1. The lowest BCUT2D eigenvalue weighted by Gasteiger charge is -2.07. The summed E-state index contributed by atoms with van der Waals surface area (Å²) in [5.41, 5.74) is 4.87. The van der Waals surface area contributed by atoms with Gasteiger partial charge in [0.15, 0.2) is 5.76 Å². The molecule has 2 aromatic carbocycles. The molecule has 1 heterocycles. The van der Waals surface area contributed by atoms with Gasteiger partial charge in [-0.25, -0.2) is 0 Å². The Bertz CT molecular complexity index is 970. The summed E-state index contributed by atoms with van der Waals surface area (Å²) >= 11 is 0. The molecule has 0 saturated heterocycles. The first-order valence-corrected chi connectivity index (χ1v) is 8.81. The van der Waals surface area contributed by atoms with E-state index in [-0.39, 0.29) is 24.8 Å². The van der Waals surface area contributed by atoms with Crippen LogP contribution in [0.25, 0.3) is 0 Å². The number of benzene rings is 2. The third-order valence-corrected chi connectivity index (χ3v) is 3.77. The van der Waals surface area contributed by atoms with E-state index < -0.39 is 11.8 Å². The van der Waals surface area contributed by atoms with Crippen molar-refractivity contribution in [3.05, 3.63) is 89.9 Å². The maximum absolute atomic E-state index is 12.0. The van der Waals surface area contributed by atoms with E-state index in [1.165, 1.54) is 6.07 Å². The summed E-state index contributed by atoms with van der Waals surface area (Å²) in [6.45, 7) is -0.127. The van der Waals surface area contributed by atoms with Crippen LogP contribution in [0.3, 0.4) is 0 Å². The summed E-state index contributed by atoms with van der Waals surface area (Å²) in [4.78, 5) is 35.7. The van der Waals surface area contributed by atoms with Crippen molar-refractivity contribution < 1.29 is 23.5 Å². The monoisotopic (exact) mass is 393 g/mol. The molecule has 3 amide bonds. The molecule has 0 fully saturated rings. The topological polar surface area (TPSA) is 110 Å². The molecular formula is C21H19N3O5. The molecule has 148 valence electrons. The molecule has 3 N–H and O–H groups in total. The lowest BCUT2D eigenvalue weighted by molar-refractivity contribution is -0.120. The van der Waals surface area contributed by atoms with Gasteiger partial charge in [-0.05, 0) is 36.4 Å². The maximum Gasteiger partial charge on any atom is 0.305 e. The fourth-order valence-electron chi connectivity index (χ4n) is 2.33. The number of ether oxygens (including phenoxy) is 1. The van der Waals surface area contributed by atoms with Crippen LogP contribution in [0.5, 0.6) is 5.75 Å². The molecule has 29 heavy (non-hydrogen) atoms. The Hall–Kier alpha value is -4.07. The van der Waals surface area contributed by atoms with E-state index in [1.54, 1.807) is 36.4 Å². The predicted octanol–water partition coefficient (Wildman–Crippen LogP) is 2.05. The zero-order valence-corrected chi connectivity index (χ0v) is 15.4. The van der Waals surface area contributed by atoms with Gasteiger partial charge in [0, 0.05) is 5.56 Å². The van der Waals surface area contributed by atoms with Gasteiger partial charge in [0.05, 0.1) is 6.54 Å². The molecule has 3 rings (SSSR count). The Kier molecular flexibility index (Phi) is 6.62. The van der Waals surface area contributed by atoms with E-state index in [0.717, 1.165) is 0 Å². The van der Waals surface area contributed by atoms with Gasteiger partial charge in [0.25, 0.3) is 11.8 Å². The van der Waals surface area contributed by atoms with Crippen LogP contribution in [0.15, 0.2) is 77.2 Å². The normalized spacial score (nSPS) is 10.1. The van der Waals surface area contributed by atoms with Crippen LogP contribution in [-0.2, 0) is 11.4 Å². The van der Waals surface area contributed by atoms with Gasteiger partial charge in [-0.15, -0.1) is 0 Å². The number of hydrogen-bond acceptors (Lipinski definition) is 5. The quantitative estimate of drug-likeness (QED) is 0.532. The van der Waals surface area contributed by atoms with Crippen molar-refractivity contribution in [3.8, 4) is 5.75 Å². The summed E-state index contributed by atoms with van der Waals surface area (Å²) < 4.78 is 10.9. The number of hydrazine groups is 1. The number of hydrogen-bond donors (Lipinski definition) is 3. The Balaban J connectivity index is 1.40. The van der Waals surface area contributed by atoms with Gasteiger partial charge in [0.2, 0.25) is 0 Å². The Labute approximate surface area is 166 Å². The molecule has 0 aliphatic heterocycles. The molecule has 0 bridgehead atoms. The van der Waals surface area contributed by atoms with Crippen molar-refractivity contribution in [1.29, 1.82) is 0 Å². The second-order valence-corrected chi connectivity index (χ2v) is 5.92. The van der Waals surface area contributed by atoms with Crippen molar-refractivity contribution in [3.63, 3.8) is 0 Å². The number of rotatable bonds is 7. The van der Waals surface area contributed by atoms with Crippen LogP contribution in [0, 0.1) is 0 Å². The summed E-state index contributed by atoms with van der Waals surface area (Å²) in [6.07, 6.45) is 0.